The number of hydrogen-bond acceptors (Lipinski definition) is 5. The maximum Gasteiger partial charge on any atom is 0.485 e. The summed E-state index contributed by atoms with van der Waals surface area (Å²) in [5, 5.41) is 0. The zero-order valence-corrected chi connectivity index (χ0v) is 19.6. The molecule has 10 heteroatoms. The zero-order valence-electron chi connectivity index (χ0n) is 18.8. The zero-order chi connectivity index (χ0) is 24.6. The fraction of sp³-hybridized carbons (Fsp3) is 0.636. The average Bonchev–Trinajstić information content (AvgIpc) is 2.70. The van der Waals surface area contributed by atoms with E-state index >= 15 is 0 Å². The van der Waals surface area contributed by atoms with Crippen LogP contribution in [0.3, 0.4) is 0 Å². The van der Waals surface area contributed by atoms with E-state index in [0.717, 1.165) is 19.4 Å². The predicted octanol–water partition coefficient (Wildman–Crippen LogP) is 4.83. The number of aromatic nitrogens is 1. The first-order valence-electron chi connectivity index (χ1n) is 10.7. The minimum absolute atomic E-state index is 0.269. The lowest BCUT2D eigenvalue weighted by Gasteiger charge is -2.08. The van der Waals surface area contributed by atoms with Crippen LogP contribution in [0.5, 0.6) is 0 Å². The third-order valence-electron chi connectivity index (χ3n) is 4.41. The maximum absolute atomic E-state index is 11.2. The summed E-state index contributed by atoms with van der Waals surface area (Å²) in [6.07, 6.45) is 15.2. The molecule has 0 N–H and O–H groups in total. The van der Waals surface area contributed by atoms with E-state index in [1.807, 2.05) is 0 Å². The Kier molecular flexibility index (Phi) is 14.8. The molecule has 0 amide bonds. The van der Waals surface area contributed by atoms with Gasteiger partial charge < -0.3 is 9.29 Å². The Morgan fingerprint density at radius 2 is 1.69 bits per heavy atom. The van der Waals surface area contributed by atoms with Crippen molar-refractivity contribution in [3.05, 3.63) is 42.2 Å². The lowest BCUT2D eigenvalue weighted by Crippen LogP contribution is -2.33. The molecule has 0 saturated carbocycles. The second-order valence-electron chi connectivity index (χ2n) is 7.49. The minimum atomic E-state index is -6.09. The molecule has 0 saturated heterocycles. The molecule has 0 bridgehead atoms. The standard InChI is InChI=1S/C21H34NO2.CHF3O3S/c1-4-5-15-22-16-12-14-20(18-22)13-10-8-6-7-9-11-17-24-21(23)19(2)3;2-1(3,4)8(5,6)7/h12,14,16,18H,2,4-11,13,15,17H2,1,3H3;(H,5,6,7)/q+1;/p-1. The molecule has 0 aliphatic rings. The third-order valence-corrected chi connectivity index (χ3v) is 4.98. The predicted molar refractivity (Wildman–Crippen MR) is 114 cm³/mol. The maximum atomic E-state index is 11.2. The number of unbranched alkanes of at least 4 members (excludes halogenated alkanes) is 6. The molecule has 0 aliphatic heterocycles. The molecule has 1 rings (SSSR count). The molecule has 0 atom stereocenters. The quantitative estimate of drug-likeness (QED) is 0.101. The van der Waals surface area contributed by atoms with E-state index in [2.05, 4.69) is 42.6 Å². The molecule has 0 radical (unpaired) electrons. The number of ether oxygens (including phenoxy) is 1. The van der Waals surface area contributed by atoms with Crippen molar-refractivity contribution >= 4 is 16.1 Å². The van der Waals surface area contributed by atoms with Crippen LogP contribution in [0, 0.1) is 0 Å². The van der Waals surface area contributed by atoms with Crippen LogP contribution in [0.25, 0.3) is 0 Å². The number of halogens is 3. The molecule has 1 aromatic rings. The Morgan fingerprint density at radius 3 is 2.22 bits per heavy atom. The number of nitrogens with zero attached hydrogens (tertiary/aromatic N) is 1. The van der Waals surface area contributed by atoms with Crippen molar-refractivity contribution in [2.75, 3.05) is 6.61 Å². The van der Waals surface area contributed by atoms with E-state index in [1.54, 1.807) is 6.92 Å². The summed E-state index contributed by atoms with van der Waals surface area (Å²) in [5.41, 5.74) is -3.72. The number of esters is 1. The number of carbonyl (C=O) groups excluding carboxylic acids is 1. The van der Waals surface area contributed by atoms with Gasteiger partial charge in [0.15, 0.2) is 22.5 Å². The van der Waals surface area contributed by atoms with Gasteiger partial charge in [0.1, 0.15) is 6.54 Å². The molecule has 0 fully saturated rings. The van der Waals surface area contributed by atoms with Gasteiger partial charge in [-0.25, -0.2) is 17.8 Å². The molecule has 0 aliphatic carbocycles. The second-order valence-corrected chi connectivity index (χ2v) is 8.86. The van der Waals surface area contributed by atoms with Gasteiger partial charge in [-0.2, -0.15) is 13.2 Å². The number of alkyl halides is 3. The van der Waals surface area contributed by atoms with Crippen molar-refractivity contribution in [3.8, 4) is 0 Å². The van der Waals surface area contributed by atoms with E-state index in [4.69, 9.17) is 17.7 Å². The molecule has 0 aromatic carbocycles. The van der Waals surface area contributed by atoms with Gasteiger partial charge in [0.05, 0.1) is 6.61 Å². The Hall–Kier alpha value is -1.94. The van der Waals surface area contributed by atoms with Crippen molar-refractivity contribution in [1.82, 2.24) is 0 Å². The molecular weight excluding hydrogens is 447 g/mol. The Balaban J connectivity index is 0.00000102. The van der Waals surface area contributed by atoms with Gasteiger partial charge in [0, 0.05) is 23.6 Å². The van der Waals surface area contributed by atoms with Crippen LogP contribution < -0.4 is 4.57 Å². The van der Waals surface area contributed by atoms with Gasteiger partial charge in [0.25, 0.3) is 0 Å². The van der Waals surface area contributed by atoms with Crippen molar-refractivity contribution < 1.29 is 40.2 Å². The van der Waals surface area contributed by atoms with Crippen molar-refractivity contribution in [2.45, 2.75) is 83.7 Å². The number of rotatable bonds is 13. The van der Waals surface area contributed by atoms with Gasteiger partial charge in [-0.05, 0) is 32.3 Å². The van der Waals surface area contributed by atoms with E-state index in [1.165, 1.54) is 50.5 Å². The lowest BCUT2D eigenvalue weighted by molar-refractivity contribution is -0.697. The molecular formula is C22H34F3NO5S. The van der Waals surface area contributed by atoms with E-state index < -0.39 is 15.6 Å². The number of aryl methyl sites for hydroxylation is 2. The second kappa shape index (κ2) is 15.8. The number of pyridine rings is 1. The third kappa shape index (κ3) is 15.0. The summed E-state index contributed by atoms with van der Waals surface area (Å²) in [5.74, 6) is -0.269. The number of hydrogen-bond donors (Lipinski definition) is 0. The van der Waals surface area contributed by atoms with E-state index in [0.29, 0.717) is 12.2 Å². The Bertz CT molecular complexity index is 795. The highest BCUT2D eigenvalue weighted by Gasteiger charge is 2.36. The van der Waals surface area contributed by atoms with Crippen molar-refractivity contribution in [1.29, 1.82) is 0 Å². The SMILES string of the molecule is C=C(C)C(=O)OCCCCCCCCc1ccc[n+](CCCC)c1.O=S(=O)([O-])C(F)(F)F. The first-order valence-corrected chi connectivity index (χ1v) is 12.1. The normalized spacial score (nSPS) is 11.4. The summed E-state index contributed by atoms with van der Waals surface area (Å²) in [4.78, 5) is 11.2. The Morgan fingerprint density at radius 1 is 1.12 bits per heavy atom. The lowest BCUT2D eigenvalue weighted by atomic mass is 10.1. The summed E-state index contributed by atoms with van der Waals surface area (Å²) < 4.78 is 66.3. The van der Waals surface area contributed by atoms with Gasteiger partial charge in [-0.15, -0.1) is 0 Å². The Labute approximate surface area is 189 Å². The molecule has 32 heavy (non-hydrogen) atoms. The van der Waals surface area contributed by atoms with E-state index in [-0.39, 0.29) is 5.97 Å². The molecule has 0 unspecified atom stereocenters. The highest BCUT2D eigenvalue weighted by atomic mass is 32.2. The van der Waals surface area contributed by atoms with Crippen molar-refractivity contribution in [2.24, 2.45) is 0 Å². The topological polar surface area (TPSA) is 87.4 Å². The summed E-state index contributed by atoms with van der Waals surface area (Å²) >= 11 is 0. The molecule has 184 valence electrons. The van der Waals surface area contributed by atoms with Crippen LogP contribution in [-0.2, 0) is 32.6 Å². The summed E-state index contributed by atoms with van der Waals surface area (Å²) in [6, 6.07) is 4.40. The molecule has 1 aromatic heterocycles. The van der Waals surface area contributed by atoms with Gasteiger partial charge in [-0.1, -0.05) is 45.6 Å². The highest BCUT2D eigenvalue weighted by Crippen LogP contribution is 2.20. The smallest absolute Gasteiger partial charge is 0.485 e. The highest BCUT2D eigenvalue weighted by molar-refractivity contribution is 7.86. The first-order chi connectivity index (χ1) is 14.9. The van der Waals surface area contributed by atoms with Gasteiger partial charge in [-0.3, -0.25) is 0 Å². The van der Waals surface area contributed by atoms with Crippen LogP contribution in [0.4, 0.5) is 13.2 Å². The monoisotopic (exact) mass is 481 g/mol. The fourth-order valence-corrected chi connectivity index (χ4v) is 2.63. The first kappa shape index (κ1) is 30.1. The van der Waals surface area contributed by atoms with Crippen LogP contribution in [0.2, 0.25) is 0 Å². The van der Waals surface area contributed by atoms with Gasteiger partial charge >= 0.3 is 11.5 Å². The van der Waals surface area contributed by atoms with Crippen LogP contribution in [-0.4, -0.2) is 31.1 Å². The largest absolute Gasteiger partial charge is 0.741 e. The molecule has 1 heterocycles. The van der Waals surface area contributed by atoms with Crippen LogP contribution in [0.15, 0.2) is 36.7 Å². The minimum Gasteiger partial charge on any atom is -0.741 e. The van der Waals surface area contributed by atoms with Crippen molar-refractivity contribution in [3.63, 3.8) is 0 Å². The summed E-state index contributed by atoms with van der Waals surface area (Å²) in [6.45, 7) is 9.13. The fourth-order valence-electron chi connectivity index (χ4n) is 2.63. The number of carbonyl (C=O) groups is 1. The van der Waals surface area contributed by atoms with Gasteiger partial charge in [0.2, 0.25) is 0 Å². The summed E-state index contributed by atoms with van der Waals surface area (Å²) in [7, 11) is -6.09. The van der Waals surface area contributed by atoms with E-state index in [9.17, 15) is 18.0 Å². The van der Waals surface area contributed by atoms with Crippen LogP contribution in [0.1, 0.15) is 70.8 Å². The molecule has 6 nitrogen and oxygen atoms in total. The average molecular weight is 482 g/mol. The molecule has 0 spiro atoms. The van der Waals surface area contributed by atoms with Crippen LogP contribution >= 0.6 is 0 Å².